The maximum Gasteiger partial charge on any atom is 0.317 e. The monoisotopic (exact) mass is 1390 g/mol. The maximum atomic E-state index is 15.5. The molecule has 10 fully saturated rings. The molecule has 20 N–H and O–H groups in total. The van der Waals surface area contributed by atoms with Gasteiger partial charge in [-0.1, -0.05) is 53.2 Å². The van der Waals surface area contributed by atoms with Crippen molar-refractivity contribution in [2.24, 2.45) is 50.2 Å². The molecule has 11 aliphatic rings. The summed E-state index contributed by atoms with van der Waals surface area (Å²) in [7, 11) is 0. The van der Waals surface area contributed by atoms with E-state index in [1.165, 1.54) is 6.92 Å². The van der Waals surface area contributed by atoms with Crippen molar-refractivity contribution in [1.29, 1.82) is 0 Å². The van der Waals surface area contributed by atoms with Gasteiger partial charge < -0.3 is 159 Å². The fraction of sp³-hybridized carbons (Fsp3) is 0.952. The van der Waals surface area contributed by atoms with E-state index >= 15 is 4.79 Å². The van der Waals surface area contributed by atoms with Crippen molar-refractivity contribution in [3.8, 4) is 0 Å². The molecule has 33 nitrogen and oxygen atoms in total. The number of hydrogen-bond donors (Lipinski definition) is 20. The molecule has 38 unspecified atom stereocenters. The zero-order chi connectivity index (χ0) is 70.2. The van der Waals surface area contributed by atoms with Gasteiger partial charge in [0.2, 0.25) is 6.29 Å². The summed E-state index contributed by atoms with van der Waals surface area (Å²) >= 11 is 0. The first-order valence-electron chi connectivity index (χ1n) is 33.3. The van der Waals surface area contributed by atoms with Crippen molar-refractivity contribution in [1.82, 2.24) is 0 Å². The molecule has 0 radical (unpaired) electrons. The largest absolute Gasteiger partial charge is 0.432 e. The lowest BCUT2D eigenvalue weighted by Crippen LogP contribution is -2.73. The van der Waals surface area contributed by atoms with Crippen LogP contribution >= 0.6 is 0 Å². The molecule has 6 heterocycles. The number of carbonyl (C=O) groups excluding carboxylic acids is 1. The highest BCUT2D eigenvalue weighted by Crippen LogP contribution is 2.76. The number of carbonyl (C=O) groups is 1. The minimum absolute atomic E-state index is 0.0403. The van der Waals surface area contributed by atoms with Gasteiger partial charge in [-0.25, -0.2) is 0 Å². The SMILES string of the molecule is CC1OC(OC2C(OC(=O)C34CCC(C)(C)CC3C3=CCC5C6(C)CC(O)C(OC7OC(COC8OC(CO)C(O)C(O)C8O)C(O)C(O)C7O)C(C)(CO)C6C(O)CC5(C)C3(C)CC4O)OCC(O)C2O)C(O)C(O)C1OC1OCC(O)C(OC2OCC(O)(CO)C2O)C1O. The van der Waals surface area contributed by atoms with Crippen LogP contribution < -0.4 is 0 Å². The van der Waals surface area contributed by atoms with Gasteiger partial charge in [0.15, 0.2) is 37.6 Å². The van der Waals surface area contributed by atoms with Crippen molar-refractivity contribution < 1.29 is 164 Å². The number of aliphatic hydroxyl groups excluding tert-OH is 19. The van der Waals surface area contributed by atoms with Crippen molar-refractivity contribution in [2.75, 3.05) is 46.2 Å². The summed E-state index contributed by atoms with van der Waals surface area (Å²) in [4.78, 5) is 15.5. The third-order valence-corrected chi connectivity index (χ3v) is 24.5. The first-order chi connectivity index (χ1) is 44.9. The Labute approximate surface area is 553 Å². The molecular weight excluding hydrogens is 1280 g/mol. The minimum Gasteiger partial charge on any atom is -0.432 e. The van der Waals surface area contributed by atoms with Gasteiger partial charge in [0.25, 0.3) is 0 Å². The zero-order valence-electron chi connectivity index (χ0n) is 54.7. The number of allylic oxidation sites excluding steroid dienone is 2. The molecule has 552 valence electrons. The highest BCUT2D eigenvalue weighted by molar-refractivity contribution is 5.80. The van der Waals surface area contributed by atoms with Gasteiger partial charge in [0.1, 0.15) is 115 Å². The molecule has 6 saturated heterocycles. The number of aliphatic hydroxyl groups is 20. The summed E-state index contributed by atoms with van der Waals surface area (Å²) in [5, 5.41) is 223. The number of hydrogen-bond acceptors (Lipinski definition) is 33. The van der Waals surface area contributed by atoms with Crippen LogP contribution in [0.25, 0.3) is 0 Å². The summed E-state index contributed by atoms with van der Waals surface area (Å²) < 4.78 is 70.0. The Balaban J connectivity index is 0.795. The number of esters is 1. The average molecular weight is 1390 g/mol. The molecule has 11 rings (SSSR count). The highest BCUT2D eigenvalue weighted by Gasteiger charge is 2.75. The van der Waals surface area contributed by atoms with E-state index < -0.39 is 286 Å². The van der Waals surface area contributed by atoms with E-state index in [0.29, 0.717) is 19.3 Å². The summed E-state index contributed by atoms with van der Waals surface area (Å²) in [6.07, 6.45) is -45.2. The zero-order valence-corrected chi connectivity index (χ0v) is 54.7. The molecule has 96 heavy (non-hydrogen) atoms. The van der Waals surface area contributed by atoms with Crippen LogP contribution in [0.2, 0.25) is 0 Å². The Kier molecular flexibility index (Phi) is 21.6. The standard InChI is InChI=1S/C63H102O33/c1-23-44(92-51-43(81)45(29(70)18-85-51)93-55-48(82)62(84,21-66)22-88-55)39(77)42(80)52(89-23)94-46-34(72)28(69)17-86-54(46)96-56(83)63-11-10-57(2,3)12-25(63)24-8-9-32-58(4)13-27(68)49(59(5,20-65)47(58)26(67)14-61(32,7)60(24,6)15-33(63)71)95-53-41(79)38(76)36(74)31(91-53)19-87-50-40(78)37(75)35(73)30(16-64)90-50/h8,23,25-55,64-82,84H,9-22H2,1-7H3. The third-order valence-electron chi connectivity index (χ3n) is 24.5. The van der Waals surface area contributed by atoms with Crippen molar-refractivity contribution >= 4 is 5.97 Å². The summed E-state index contributed by atoms with van der Waals surface area (Å²) in [5.74, 6) is -2.88. The predicted octanol–water partition coefficient (Wildman–Crippen LogP) is -7.56. The summed E-state index contributed by atoms with van der Waals surface area (Å²) in [5.41, 5.74) is -7.78. The summed E-state index contributed by atoms with van der Waals surface area (Å²) in [6.45, 7) is 8.49. The lowest BCUT2D eigenvalue weighted by atomic mass is 9.32. The van der Waals surface area contributed by atoms with Crippen LogP contribution in [0.1, 0.15) is 93.4 Å². The molecular formula is C63H102O33. The Hall–Kier alpha value is -2.03. The number of ether oxygens (including phenoxy) is 12. The van der Waals surface area contributed by atoms with E-state index in [1.807, 2.05) is 34.6 Å². The Bertz CT molecular complexity index is 2730. The molecule has 0 aromatic carbocycles. The molecule has 0 aromatic rings. The van der Waals surface area contributed by atoms with E-state index in [0.717, 1.165) is 5.57 Å². The van der Waals surface area contributed by atoms with Crippen molar-refractivity contribution in [3.05, 3.63) is 11.6 Å². The third kappa shape index (κ3) is 12.4. The minimum atomic E-state index is -2.09. The van der Waals surface area contributed by atoms with Gasteiger partial charge in [0, 0.05) is 11.3 Å². The van der Waals surface area contributed by atoms with Gasteiger partial charge in [-0.2, -0.15) is 0 Å². The maximum absolute atomic E-state index is 15.5. The lowest BCUT2D eigenvalue weighted by molar-refractivity contribution is -0.372. The van der Waals surface area contributed by atoms with Crippen molar-refractivity contribution in [3.63, 3.8) is 0 Å². The van der Waals surface area contributed by atoms with Crippen LogP contribution in [0.4, 0.5) is 0 Å². The molecule has 5 aliphatic carbocycles. The topological polar surface area (TPSA) is 532 Å². The van der Waals surface area contributed by atoms with Crippen LogP contribution in [0.3, 0.4) is 0 Å². The van der Waals surface area contributed by atoms with E-state index in [1.54, 1.807) is 6.92 Å². The lowest BCUT2D eigenvalue weighted by Gasteiger charge is -2.73. The molecule has 38 atom stereocenters. The van der Waals surface area contributed by atoms with Gasteiger partial charge in [-0.3, -0.25) is 4.79 Å². The van der Waals surface area contributed by atoms with Crippen LogP contribution in [0.5, 0.6) is 0 Å². The second-order valence-electron chi connectivity index (χ2n) is 31.0. The fourth-order valence-electron chi connectivity index (χ4n) is 18.9. The molecule has 4 saturated carbocycles. The first-order valence-corrected chi connectivity index (χ1v) is 33.3. The molecule has 6 aliphatic heterocycles. The average Bonchev–Trinajstić information content (AvgIpc) is 0.681. The molecule has 0 amide bonds. The Morgan fingerprint density at radius 1 is 0.552 bits per heavy atom. The van der Waals surface area contributed by atoms with Gasteiger partial charge in [-0.15, -0.1) is 0 Å². The van der Waals surface area contributed by atoms with Crippen molar-refractivity contribution in [2.45, 2.75) is 277 Å². The molecule has 0 spiro atoms. The van der Waals surface area contributed by atoms with Crippen LogP contribution in [0.15, 0.2) is 11.6 Å². The van der Waals surface area contributed by atoms with Gasteiger partial charge in [0.05, 0.1) is 76.8 Å². The van der Waals surface area contributed by atoms with E-state index in [2.05, 4.69) is 6.08 Å². The second-order valence-corrected chi connectivity index (χ2v) is 31.0. The van der Waals surface area contributed by atoms with E-state index in [9.17, 15) is 102 Å². The summed E-state index contributed by atoms with van der Waals surface area (Å²) in [6, 6.07) is 0. The number of rotatable bonds is 16. The van der Waals surface area contributed by atoms with Crippen LogP contribution in [0, 0.1) is 50.2 Å². The fourth-order valence-corrected chi connectivity index (χ4v) is 18.9. The Morgan fingerprint density at radius 2 is 1.16 bits per heavy atom. The van der Waals surface area contributed by atoms with Crippen LogP contribution in [-0.2, 0) is 61.6 Å². The van der Waals surface area contributed by atoms with E-state index in [4.69, 9.17) is 56.8 Å². The molecule has 0 aromatic heterocycles. The molecule has 33 heteroatoms. The van der Waals surface area contributed by atoms with Crippen LogP contribution in [-0.4, -0.2) is 338 Å². The van der Waals surface area contributed by atoms with Gasteiger partial charge in [-0.05, 0) is 85.4 Å². The first kappa shape index (κ1) is 75.1. The highest BCUT2D eigenvalue weighted by atomic mass is 16.8. The predicted molar refractivity (Wildman–Crippen MR) is 314 cm³/mol. The smallest absolute Gasteiger partial charge is 0.317 e. The quantitative estimate of drug-likeness (QED) is 0.0388. The molecule has 0 bridgehead atoms. The number of fused-ring (bicyclic) bond motifs is 7. The second kappa shape index (κ2) is 27.5. The van der Waals surface area contributed by atoms with Gasteiger partial charge >= 0.3 is 5.97 Å². The normalized spacial score (nSPS) is 55.8. The van der Waals surface area contributed by atoms with E-state index in [-0.39, 0.29) is 25.7 Å². The Morgan fingerprint density at radius 3 is 1.81 bits per heavy atom.